The van der Waals surface area contributed by atoms with Crippen LogP contribution in [0.25, 0.3) is 6.08 Å². The first-order valence-corrected chi connectivity index (χ1v) is 9.86. The van der Waals surface area contributed by atoms with Gasteiger partial charge in [0.15, 0.2) is 17.2 Å². The van der Waals surface area contributed by atoms with Gasteiger partial charge in [0.05, 0.1) is 16.2 Å². The van der Waals surface area contributed by atoms with E-state index in [1.807, 2.05) is 29.5 Å². The molecule has 0 spiro atoms. The molecule has 0 amide bonds. The van der Waals surface area contributed by atoms with Gasteiger partial charge in [0.1, 0.15) is 5.82 Å². The Morgan fingerprint density at radius 2 is 2.07 bits per heavy atom. The van der Waals surface area contributed by atoms with Gasteiger partial charge in [-0.15, -0.1) is 0 Å². The molecule has 0 aromatic heterocycles. The maximum Gasteiger partial charge on any atom is 0.363 e. The van der Waals surface area contributed by atoms with Crippen molar-refractivity contribution in [2.45, 2.75) is 19.8 Å². The molecule has 1 aliphatic heterocycles. The number of cyclic esters (lactones) is 1. The average molecular weight is 509 g/mol. The lowest BCUT2D eigenvalue weighted by atomic mass is 10.1. The van der Waals surface area contributed by atoms with Gasteiger partial charge in [0.25, 0.3) is 0 Å². The minimum Gasteiger partial charge on any atom is -0.493 e. The normalized spacial score (nSPS) is 14.6. The molecule has 2 aromatic carbocycles. The summed E-state index contributed by atoms with van der Waals surface area (Å²) in [6, 6.07) is 9.25. The quantitative estimate of drug-likeness (QED) is 0.249. The fourth-order valence-electron chi connectivity index (χ4n) is 2.61. The van der Waals surface area contributed by atoms with Crippen LogP contribution in [0.4, 0.5) is 4.39 Å². The third kappa shape index (κ3) is 4.81. The summed E-state index contributed by atoms with van der Waals surface area (Å²) in [7, 11) is 1.46. The van der Waals surface area contributed by atoms with Crippen LogP contribution in [0, 0.1) is 9.39 Å². The van der Waals surface area contributed by atoms with Gasteiger partial charge in [-0.25, -0.2) is 14.2 Å². The van der Waals surface area contributed by atoms with Crippen molar-refractivity contribution < 1.29 is 28.2 Å². The van der Waals surface area contributed by atoms with Crippen LogP contribution in [-0.4, -0.2) is 24.9 Å². The third-order valence-corrected chi connectivity index (χ3v) is 4.75. The summed E-state index contributed by atoms with van der Waals surface area (Å²) < 4.78 is 30.4. The largest absolute Gasteiger partial charge is 0.493 e. The molecule has 2 aromatic rings. The lowest BCUT2D eigenvalue weighted by Gasteiger charge is -2.12. The Bertz CT molecular complexity index is 1030. The maximum atomic E-state index is 13.9. The van der Waals surface area contributed by atoms with Crippen LogP contribution in [0.5, 0.6) is 11.5 Å². The second kappa shape index (κ2) is 9.17. The van der Waals surface area contributed by atoms with Crippen LogP contribution in [0.1, 0.15) is 30.9 Å². The monoisotopic (exact) mass is 509 g/mol. The zero-order chi connectivity index (χ0) is 21.0. The van der Waals surface area contributed by atoms with Crippen molar-refractivity contribution in [3.63, 3.8) is 0 Å². The molecule has 3 rings (SSSR count). The molecule has 0 unspecified atom stereocenters. The SMILES string of the molecule is CCCC(=O)Oc1c(I)cc(/C=C2\N=C(c3ccccc3F)OC2=O)cc1OC. The number of carbonyl (C=O) groups excluding carboxylic acids is 2. The number of hydrogen-bond donors (Lipinski definition) is 0. The number of rotatable bonds is 6. The number of methoxy groups -OCH3 is 1. The summed E-state index contributed by atoms with van der Waals surface area (Å²) in [6.07, 6.45) is 2.47. The summed E-state index contributed by atoms with van der Waals surface area (Å²) in [4.78, 5) is 28.1. The summed E-state index contributed by atoms with van der Waals surface area (Å²) in [6.45, 7) is 1.88. The smallest absolute Gasteiger partial charge is 0.363 e. The Morgan fingerprint density at radius 3 is 2.76 bits per heavy atom. The highest BCUT2D eigenvalue weighted by molar-refractivity contribution is 14.1. The first-order valence-electron chi connectivity index (χ1n) is 8.78. The number of carbonyl (C=O) groups is 2. The van der Waals surface area contributed by atoms with Crippen molar-refractivity contribution in [3.8, 4) is 11.5 Å². The third-order valence-electron chi connectivity index (χ3n) is 3.95. The summed E-state index contributed by atoms with van der Waals surface area (Å²) in [5, 5.41) is 0. The highest BCUT2D eigenvalue weighted by Crippen LogP contribution is 2.35. The molecule has 1 aliphatic rings. The standard InChI is InChI=1S/C21H17FINO5/c1-3-6-18(25)28-19-15(23)9-12(11-17(19)27-2)10-16-21(26)29-20(24-16)13-7-4-5-8-14(13)22/h4-5,7-11H,3,6H2,1-2H3/b16-10-. The first kappa shape index (κ1) is 21.0. The molecule has 8 heteroatoms. The van der Waals surface area contributed by atoms with Crippen molar-refractivity contribution in [1.82, 2.24) is 0 Å². The van der Waals surface area contributed by atoms with E-state index in [-0.39, 0.29) is 23.1 Å². The van der Waals surface area contributed by atoms with E-state index in [9.17, 15) is 14.0 Å². The number of benzene rings is 2. The van der Waals surface area contributed by atoms with Gasteiger partial charge >= 0.3 is 11.9 Å². The molecule has 0 saturated carbocycles. The topological polar surface area (TPSA) is 74.2 Å². The predicted molar refractivity (Wildman–Crippen MR) is 113 cm³/mol. The fourth-order valence-corrected chi connectivity index (χ4v) is 3.34. The average Bonchev–Trinajstić information content (AvgIpc) is 3.04. The molecule has 1 heterocycles. The van der Waals surface area contributed by atoms with Gasteiger partial charge in [-0.05, 0) is 64.9 Å². The predicted octanol–water partition coefficient (Wildman–Crippen LogP) is 4.49. The zero-order valence-corrected chi connectivity index (χ0v) is 17.9. The second-order valence-corrected chi connectivity index (χ2v) is 7.24. The Hall–Kier alpha value is -2.75. The van der Waals surface area contributed by atoms with Crippen molar-refractivity contribution in [2.24, 2.45) is 4.99 Å². The maximum absolute atomic E-state index is 13.9. The first-order chi connectivity index (χ1) is 13.9. The molecule has 0 fully saturated rings. The highest BCUT2D eigenvalue weighted by atomic mass is 127. The van der Waals surface area contributed by atoms with Crippen LogP contribution in [0.3, 0.4) is 0 Å². The van der Waals surface area contributed by atoms with Gasteiger partial charge in [-0.3, -0.25) is 4.79 Å². The van der Waals surface area contributed by atoms with Crippen LogP contribution < -0.4 is 9.47 Å². The summed E-state index contributed by atoms with van der Waals surface area (Å²) in [5.74, 6) is -0.999. The number of halogens is 2. The van der Waals surface area contributed by atoms with E-state index >= 15 is 0 Å². The Kier molecular flexibility index (Phi) is 6.63. The van der Waals surface area contributed by atoms with Crippen molar-refractivity contribution in [2.75, 3.05) is 7.11 Å². The Balaban J connectivity index is 1.94. The summed E-state index contributed by atoms with van der Waals surface area (Å²) in [5.41, 5.74) is 0.721. The van der Waals surface area contributed by atoms with Gasteiger partial charge < -0.3 is 14.2 Å². The van der Waals surface area contributed by atoms with Gasteiger partial charge in [-0.1, -0.05) is 19.1 Å². The van der Waals surface area contributed by atoms with Crippen LogP contribution in [-0.2, 0) is 14.3 Å². The molecular weight excluding hydrogens is 492 g/mol. The molecule has 0 atom stereocenters. The number of ether oxygens (including phenoxy) is 3. The van der Waals surface area contributed by atoms with Gasteiger partial charge in [0.2, 0.25) is 5.90 Å². The minimum atomic E-state index is -0.685. The van der Waals surface area contributed by atoms with Gasteiger partial charge in [-0.2, -0.15) is 0 Å². The number of hydrogen-bond acceptors (Lipinski definition) is 6. The zero-order valence-electron chi connectivity index (χ0n) is 15.7. The molecule has 0 bridgehead atoms. The minimum absolute atomic E-state index is 0.0248. The lowest BCUT2D eigenvalue weighted by molar-refractivity contribution is -0.134. The van der Waals surface area contributed by atoms with E-state index < -0.39 is 11.8 Å². The van der Waals surface area contributed by atoms with Crippen LogP contribution in [0.2, 0.25) is 0 Å². The van der Waals surface area contributed by atoms with Crippen LogP contribution >= 0.6 is 22.6 Å². The van der Waals surface area contributed by atoms with Crippen LogP contribution in [0.15, 0.2) is 47.1 Å². The van der Waals surface area contributed by atoms with E-state index in [1.54, 1.807) is 18.2 Å². The lowest BCUT2D eigenvalue weighted by Crippen LogP contribution is -2.09. The van der Waals surface area contributed by atoms with E-state index in [4.69, 9.17) is 14.2 Å². The number of nitrogens with zero attached hydrogens (tertiary/aromatic N) is 1. The van der Waals surface area contributed by atoms with Crippen molar-refractivity contribution in [3.05, 3.63) is 62.6 Å². The molecule has 0 N–H and O–H groups in total. The molecular formula is C21H17FINO5. The van der Waals surface area contributed by atoms with E-state index in [2.05, 4.69) is 4.99 Å². The highest BCUT2D eigenvalue weighted by Gasteiger charge is 2.26. The molecule has 0 radical (unpaired) electrons. The van der Waals surface area contributed by atoms with E-state index in [0.29, 0.717) is 33.5 Å². The van der Waals surface area contributed by atoms with Gasteiger partial charge in [0, 0.05) is 6.42 Å². The van der Waals surface area contributed by atoms with Crippen molar-refractivity contribution >= 4 is 46.5 Å². The molecule has 6 nitrogen and oxygen atoms in total. The van der Waals surface area contributed by atoms with E-state index in [0.717, 1.165) is 0 Å². The molecule has 150 valence electrons. The Labute approximate surface area is 180 Å². The number of aliphatic imine (C=N–C) groups is 1. The number of esters is 2. The van der Waals surface area contributed by atoms with Crippen molar-refractivity contribution in [1.29, 1.82) is 0 Å². The Morgan fingerprint density at radius 1 is 1.31 bits per heavy atom. The second-order valence-electron chi connectivity index (χ2n) is 6.07. The van der Waals surface area contributed by atoms with E-state index in [1.165, 1.54) is 31.4 Å². The molecule has 0 aliphatic carbocycles. The molecule has 0 saturated heterocycles. The molecule has 29 heavy (non-hydrogen) atoms. The fraction of sp³-hybridized carbons (Fsp3) is 0.190. The summed E-state index contributed by atoms with van der Waals surface area (Å²) >= 11 is 2.02.